The van der Waals surface area contributed by atoms with Crippen LogP contribution in [0.5, 0.6) is 5.75 Å². The summed E-state index contributed by atoms with van der Waals surface area (Å²) >= 11 is 0. The number of aryl methyl sites for hydroxylation is 1. The van der Waals surface area contributed by atoms with E-state index in [1.165, 1.54) is 0 Å². The predicted octanol–water partition coefficient (Wildman–Crippen LogP) is 5.47. The van der Waals surface area contributed by atoms with Crippen molar-refractivity contribution in [2.45, 2.75) is 33.8 Å². The van der Waals surface area contributed by atoms with E-state index in [9.17, 15) is 0 Å². The summed E-state index contributed by atoms with van der Waals surface area (Å²) in [6.45, 7) is 8.88. The average molecular weight is 362 g/mol. The van der Waals surface area contributed by atoms with E-state index in [4.69, 9.17) is 9.72 Å². The van der Waals surface area contributed by atoms with Crippen LogP contribution >= 0.6 is 0 Å². The zero-order valence-electron chi connectivity index (χ0n) is 16.3. The van der Waals surface area contributed by atoms with E-state index in [1.807, 2.05) is 69.3 Å². The van der Waals surface area contributed by atoms with Crippen molar-refractivity contribution in [2.75, 3.05) is 16.8 Å². The maximum atomic E-state index is 5.90. The molecule has 0 saturated heterocycles. The molecular weight excluding hydrogens is 336 g/mol. The molecule has 1 aromatic heterocycles. The first kappa shape index (κ1) is 18.7. The molecule has 0 radical (unpaired) electrons. The largest absolute Gasteiger partial charge is 0.489 e. The van der Waals surface area contributed by atoms with Crippen molar-refractivity contribution in [3.8, 4) is 5.75 Å². The molecule has 5 nitrogen and oxygen atoms in total. The molecule has 27 heavy (non-hydrogen) atoms. The molecule has 0 aliphatic rings. The molecule has 0 aliphatic carbocycles. The Balaban J connectivity index is 1.92. The van der Waals surface area contributed by atoms with E-state index in [1.54, 1.807) is 0 Å². The summed E-state index contributed by atoms with van der Waals surface area (Å²) in [6, 6.07) is 20.0. The number of nitrogens with zero attached hydrogens (tertiary/aromatic N) is 3. The Morgan fingerprint density at radius 2 is 1.70 bits per heavy atom. The van der Waals surface area contributed by atoms with Crippen LogP contribution in [0.3, 0.4) is 0 Å². The van der Waals surface area contributed by atoms with Gasteiger partial charge in [0.2, 0.25) is 5.95 Å². The first-order valence-corrected chi connectivity index (χ1v) is 9.27. The lowest BCUT2D eigenvalue weighted by molar-refractivity contribution is 0.244. The highest BCUT2D eigenvalue weighted by Gasteiger charge is 2.13. The van der Waals surface area contributed by atoms with E-state index in [0.29, 0.717) is 5.95 Å². The molecule has 0 aliphatic heterocycles. The molecule has 0 atom stereocenters. The van der Waals surface area contributed by atoms with Crippen molar-refractivity contribution in [1.82, 2.24) is 9.97 Å². The third kappa shape index (κ3) is 4.76. The summed E-state index contributed by atoms with van der Waals surface area (Å²) < 4.78 is 5.90. The molecule has 140 valence electrons. The van der Waals surface area contributed by atoms with Crippen LogP contribution in [-0.2, 0) is 0 Å². The normalized spacial score (nSPS) is 10.7. The van der Waals surface area contributed by atoms with E-state index >= 15 is 0 Å². The van der Waals surface area contributed by atoms with Crippen LogP contribution in [0.15, 0.2) is 60.7 Å². The Labute approximate surface area is 161 Å². The molecule has 0 bridgehead atoms. The highest BCUT2D eigenvalue weighted by atomic mass is 16.5. The Kier molecular flexibility index (Phi) is 5.91. The molecule has 2 aromatic carbocycles. The number of hydrogen-bond acceptors (Lipinski definition) is 5. The second-order valence-corrected chi connectivity index (χ2v) is 6.56. The van der Waals surface area contributed by atoms with Crippen molar-refractivity contribution >= 4 is 23.1 Å². The summed E-state index contributed by atoms with van der Waals surface area (Å²) in [5.41, 5.74) is 2.86. The van der Waals surface area contributed by atoms with Gasteiger partial charge in [0.15, 0.2) is 0 Å². The summed E-state index contributed by atoms with van der Waals surface area (Å²) in [5.74, 6) is 2.22. The van der Waals surface area contributed by atoms with Gasteiger partial charge in [0, 0.05) is 24.0 Å². The van der Waals surface area contributed by atoms with Crippen LogP contribution in [0.25, 0.3) is 0 Å². The molecule has 3 aromatic rings. The standard InChI is InChI=1S/C22H26N4O/c1-5-26(18-11-7-6-8-12-18)22-23-17(4)15-21(25-22)24-19-13-9-10-14-20(19)27-16(2)3/h6-16H,5H2,1-4H3,(H,23,24,25). The fourth-order valence-corrected chi connectivity index (χ4v) is 2.85. The fourth-order valence-electron chi connectivity index (χ4n) is 2.85. The second kappa shape index (κ2) is 8.54. The van der Waals surface area contributed by atoms with Gasteiger partial charge in [0.1, 0.15) is 11.6 Å². The Morgan fingerprint density at radius 3 is 2.41 bits per heavy atom. The molecule has 1 N–H and O–H groups in total. The smallest absolute Gasteiger partial charge is 0.232 e. The topological polar surface area (TPSA) is 50.3 Å². The minimum Gasteiger partial charge on any atom is -0.489 e. The number of rotatable bonds is 7. The molecule has 0 fully saturated rings. The van der Waals surface area contributed by atoms with E-state index in [2.05, 4.69) is 34.3 Å². The first-order valence-electron chi connectivity index (χ1n) is 9.27. The summed E-state index contributed by atoms with van der Waals surface area (Å²) in [7, 11) is 0. The van der Waals surface area contributed by atoms with Crippen LogP contribution in [0.1, 0.15) is 26.5 Å². The van der Waals surface area contributed by atoms with Gasteiger partial charge in [-0.05, 0) is 52.0 Å². The highest BCUT2D eigenvalue weighted by Crippen LogP contribution is 2.29. The van der Waals surface area contributed by atoms with Crippen LogP contribution < -0.4 is 15.0 Å². The maximum absolute atomic E-state index is 5.90. The van der Waals surface area contributed by atoms with Gasteiger partial charge in [-0.25, -0.2) is 4.98 Å². The average Bonchev–Trinajstić information content (AvgIpc) is 2.64. The van der Waals surface area contributed by atoms with Crippen LogP contribution in [0.4, 0.5) is 23.1 Å². The monoisotopic (exact) mass is 362 g/mol. The third-order valence-corrected chi connectivity index (χ3v) is 3.98. The zero-order valence-corrected chi connectivity index (χ0v) is 16.3. The number of aromatic nitrogens is 2. The first-order chi connectivity index (χ1) is 13.1. The van der Waals surface area contributed by atoms with Crippen molar-refractivity contribution < 1.29 is 4.74 Å². The number of hydrogen-bond donors (Lipinski definition) is 1. The molecule has 0 amide bonds. The van der Waals surface area contributed by atoms with Gasteiger partial charge in [-0.2, -0.15) is 4.98 Å². The second-order valence-electron chi connectivity index (χ2n) is 6.56. The van der Waals surface area contributed by atoms with Crippen LogP contribution in [0, 0.1) is 6.92 Å². The summed E-state index contributed by atoms with van der Waals surface area (Å²) in [4.78, 5) is 11.5. The van der Waals surface area contributed by atoms with Gasteiger partial charge < -0.3 is 15.0 Å². The van der Waals surface area contributed by atoms with Gasteiger partial charge in [-0.3, -0.25) is 0 Å². The lowest BCUT2D eigenvalue weighted by Gasteiger charge is -2.22. The van der Waals surface area contributed by atoms with Crippen molar-refractivity contribution in [1.29, 1.82) is 0 Å². The van der Waals surface area contributed by atoms with Gasteiger partial charge in [-0.15, -0.1) is 0 Å². The number of benzene rings is 2. The lowest BCUT2D eigenvalue weighted by atomic mass is 10.2. The minimum absolute atomic E-state index is 0.101. The van der Waals surface area contributed by atoms with Gasteiger partial charge in [-0.1, -0.05) is 30.3 Å². The Hall–Kier alpha value is -3.08. The van der Waals surface area contributed by atoms with Crippen molar-refractivity contribution in [3.05, 3.63) is 66.4 Å². The predicted molar refractivity (Wildman–Crippen MR) is 111 cm³/mol. The molecular formula is C22H26N4O. The zero-order chi connectivity index (χ0) is 19.2. The Morgan fingerprint density at radius 1 is 1.00 bits per heavy atom. The molecule has 0 spiro atoms. The lowest BCUT2D eigenvalue weighted by Crippen LogP contribution is -2.19. The van der Waals surface area contributed by atoms with Gasteiger partial charge in [0.05, 0.1) is 11.8 Å². The van der Waals surface area contributed by atoms with Crippen molar-refractivity contribution in [2.24, 2.45) is 0 Å². The number of para-hydroxylation sites is 3. The fraction of sp³-hybridized carbons (Fsp3) is 0.273. The quantitative estimate of drug-likeness (QED) is 0.603. The Bertz CT molecular complexity index is 880. The molecule has 0 unspecified atom stereocenters. The van der Waals surface area contributed by atoms with Crippen LogP contribution in [0.2, 0.25) is 0 Å². The van der Waals surface area contributed by atoms with Gasteiger partial charge >= 0.3 is 0 Å². The SMILES string of the molecule is CCN(c1ccccc1)c1nc(C)cc(Nc2ccccc2OC(C)C)n1. The summed E-state index contributed by atoms with van der Waals surface area (Å²) in [5, 5.41) is 3.39. The molecule has 5 heteroatoms. The minimum atomic E-state index is 0.101. The molecule has 3 rings (SSSR count). The van der Waals surface area contributed by atoms with E-state index in [0.717, 1.165) is 35.2 Å². The van der Waals surface area contributed by atoms with Crippen LogP contribution in [-0.4, -0.2) is 22.6 Å². The van der Waals surface area contributed by atoms with E-state index < -0.39 is 0 Å². The third-order valence-electron chi connectivity index (χ3n) is 3.98. The number of anilines is 4. The van der Waals surface area contributed by atoms with Crippen molar-refractivity contribution in [3.63, 3.8) is 0 Å². The van der Waals surface area contributed by atoms with Gasteiger partial charge in [0.25, 0.3) is 0 Å². The number of ether oxygens (including phenoxy) is 1. The molecule has 0 saturated carbocycles. The molecule has 1 heterocycles. The highest BCUT2D eigenvalue weighted by molar-refractivity contribution is 5.66. The summed E-state index contributed by atoms with van der Waals surface area (Å²) in [6.07, 6.45) is 0.101. The van der Waals surface area contributed by atoms with E-state index in [-0.39, 0.29) is 6.10 Å². The maximum Gasteiger partial charge on any atom is 0.232 e. The number of nitrogens with one attached hydrogen (secondary N) is 1.